The van der Waals surface area contributed by atoms with Crippen LogP contribution in [0.3, 0.4) is 0 Å². The number of rotatable bonds is 1. The van der Waals surface area contributed by atoms with Crippen LogP contribution in [0, 0.1) is 6.92 Å². The van der Waals surface area contributed by atoms with Crippen LogP contribution in [0.15, 0.2) is 36.9 Å². The summed E-state index contributed by atoms with van der Waals surface area (Å²) in [6.45, 7) is 8.83. The average molecular weight is 176 g/mol. The Morgan fingerprint density at radius 1 is 1.31 bits per heavy atom. The molecule has 1 rings (SSSR count). The first kappa shape index (κ1) is 11.6. The van der Waals surface area contributed by atoms with E-state index in [0.717, 1.165) is 5.56 Å². The lowest BCUT2D eigenvalue weighted by molar-refractivity contribution is 0.101. The van der Waals surface area contributed by atoms with Gasteiger partial charge in [0.2, 0.25) is 0 Å². The van der Waals surface area contributed by atoms with Crippen LogP contribution in [-0.4, -0.2) is 5.78 Å². The van der Waals surface area contributed by atoms with E-state index >= 15 is 0 Å². The van der Waals surface area contributed by atoms with E-state index in [-0.39, 0.29) is 5.78 Å². The summed E-state index contributed by atoms with van der Waals surface area (Å²) in [7, 11) is 0. The third-order valence-electron chi connectivity index (χ3n) is 1.46. The van der Waals surface area contributed by atoms with Crippen molar-refractivity contribution in [2.45, 2.75) is 20.8 Å². The third kappa shape index (κ3) is 4.96. The molecule has 70 valence electrons. The number of ketones is 1. The van der Waals surface area contributed by atoms with E-state index < -0.39 is 0 Å². The lowest BCUT2D eigenvalue weighted by atomic mass is 10.1. The zero-order valence-corrected chi connectivity index (χ0v) is 8.50. The zero-order chi connectivity index (χ0) is 10.3. The molecule has 0 bridgehead atoms. The standard InChI is InChI=1S/C9H10O.C3H6/c1-7-3-5-9(6-4-7)8(2)10;1-3-2/h3-6H,1-2H3;3H,1H2,2H3. The lowest BCUT2D eigenvalue weighted by Gasteiger charge is -1.93. The largest absolute Gasteiger partial charge is 0.295 e. The van der Waals surface area contributed by atoms with Gasteiger partial charge in [-0.25, -0.2) is 0 Å². The summed E-state index contributed by atoms with van der Waals surface area (Å²) in [5, 5.41) is 0. The summed E-state index contributed by atoms with van der Waals surface area (Å²) in [5.41, 5.74) is 1.97. The second-order valence-corrected chi connectivity index (χ2v) is 2.83. The van der Waals surface area contributed by atoms with Gasteiger partial charge in [-0.2, -0.15) is 0 Å². The maximum Gasteiger partial charge on any atom is 0.159 e. The van der Waals surface area contributed by atoms with Gasteiger partial charge >= 0.3 is 0 Å². The van der Waals surface area contributed by atoms with Gasteiger partial charge in [-0.05, 0) is 20.8 Å². The van der Waals surface area contributed by atoms with Crippen molar-refractivity contribution in [3.8, 4) is 0 Å². The van der Waals surface area contributed by atoms with E-state index in [1.165, 1.54) is 5.56 Å². The third-order valence-corrected chi connectivity index (χ3v) is 1.46. The molecule has 0 radical (unpaired) electrons. The lowest BCUT2D eigenvalue weighted by Crippen LogP contribution is -1.90. The minimum Gasteiger partial charge on any atom is -0.295 e. The topological polar surface area (TPSA) is 17.1 Å². The molecule has 0 aliphatic carbocycles. The summed E-state index contributed by atoms with van der Waals surface area (Å²) in [4.78, 5) is 10.8. The molecular formula is C12H16O. The molecule has 0 aromatic heterocycles. The molecule has 0 atom stereocenters. The first-order valence-corrected chi connectivity index (χ1v) is 4.26. The van der Waals surface area contributed by atoms with Gasteiger partial charge in [-0.1, -0.05) is 35.9 Å². The van der Waals surface area contributed by atoms with Gasteiger partial charge in [-0.3, -0.25) is 4.79 Å². The summed E-state index contributed by atoms with van der Waals surface area (Å²) in [5.74, 6) is 0.125. The second-order valence-electron chi connectivity index (χ2n) is 2.83. The van der Waals surface area contributed by atoms with Crippen LogP contribution in [0.5, 0.6) is 0 Å². The monoisotopic (exact) mass is 176 g/mol. The fourth-order valence-electron chi connectivity index (χ4n) is 0.788. The molecule has 0 amide bonds. The quantitative estimate of drug-likeness (QED) is 0.473. The van der Waals surface area contributed by atoms with Crippen molar-refractivity contribution in [1.82, 2.24) is 0 Å². The van der Waals surface area contributed by atoms with Crippen LogP contribution in [0.1, 0.15) is 29.8 Å². The van der Waals surface area contributed by atoms with E-state index in [9.17, 15) is 4.79 Å². The first-order chi connectivity index (χ1) is 6.11. The Morgan fingerprint density at radius 3 is 2.00 bits per heavy atom. The molecule has 0 spiro atoms. The van der Waals surface area contributed by atoms with Crippen molar-refractivity contribution >= 4 is 5.78 Å². The Kier molecular flexibility index (Phi) is 5.53. The minimum atomic E-state index is 0.125. The maximum absolute atomic E-state index is 10.8. The Bertz CT molecular complexity index is 270. The number of hydrogen-bond donors (Lipinski definition) is 0. The number of benzene rings is 1. The van der Waals surface area contributed by atoms with E-state index in [1.54, 1.807) is 13.0 Å². The van der Waals surface area contributed by atoms with E-state index in [4.69, 9.17) is 0 Å². The summed E-state index contributed by atoms with van der Waals surface area (Å²) >= 11 is 0. The first-order valence-electron chi connectivity index (χ1n) is 4.26. The van der Waals surface area contributed by atoms with E-state index in [2.05, 4.69) is 6.58 Å². The number of aryl methyl sites for hydroxylation is 1. The number of allylic oxidation sites excluding steroid dienone is 1. The van der Waals surface area contributed by atoms with Gasteiger partial charge < -0.3 is 0 Å². The number of carbonyl (C=O) groups is 1. The highest BCUT2D eigenvalue weighted by Gasteiger charge is 1.95. The van der Waals surface area contributed by atoms with Crippen LogP contribution in [0.25, 0.3) is 0 Å². The van der Waals surface area contributed by atoms with Gasteiger partial charge in [0.25, 0.3) is 0 Å². The number of hydrogen-bond acceptors (Lipinski definition) is 1. The van der Waals surface area contributed by atoms with Crippen LogP contribution in [0.2, 0.25) is 0 Å². The highest BCUT2D eigenvalue weighted by atomic mass is 16.1. The Morgan fingerprint density at radius 2 is 1.69 bits per heavy atom. The molecule has 0 saturated heterocycles. The maximum atomic E-state index is 10.8. The van der Waals surface area contributed by atoms with Crippen LogP contribution in [-0.2, 0) is 0 Å². The molecular weight excluding hydrogens is 160 g/mol. The fourth-order valence-corrected chi connectivity index (χ4v) is 0.788. The number of Topliss-reactive ketones (excluding diaryl/α,β-unsaturated/α-hetero) is 1. The normalized spacial score (nSPS) is 8.23. The molecule has 1 aromatic rings. The Balaban J connectivity index is 0.000000424. The molecule has 0 aliphatic rings. The van der Waals surface area contributed by atoms with Gasteiger partial charge in [-0.15, -0.1) is 6.58 Å². The SMILES string of the molecule is C=CC.CC(=O)c1ccc(C)cc1. The molecule has 1 nitrogen and oxygen atoms in total. The van der Waals surface area contributed by atoms with Gasteiger partial charge in [0.15, 0.2) is 5.78 Å². The second kappa shape index (κ2) is 6.18. The molecule has 0 heterocycles. The van der Waals surface area contributed by atoms with Crippen LogP contribution >= 0.6 is 0 Å². The van der Waals surface area contributed by atoms with Gasteiger partial charge in [0.1, 0.15) is 0 Å². The van der Waals surface area contributed by atoms with Gasteiger partial charge in [0.05, 0.1) is 0 Å². The number of carbonyl (C=O) groups excluding carboxylic acids is 1. The highest BCUT2D eigenvalue weighted by molar-refractivity contribution is 5.93. The summed E-state index contributed by atoms with van der Waals surface area (Å²) in [6, 6.07) is 7.57. The molecule has 0 unspecified atom stereocenters. The highest BCUT2D eigenvalue weighted by Crippen LogP contribution is 2.02. The summed E-state index contributed by atoms with van der Waals surface area (Å²) < 4.78 is 0. The van der Waals surface area contributed by atoms with Crippen molar-refractivity contribution in [3.63, 3.8) is 0 Å². The van der Waals surface area contributed by atoms with Crippen molar-refractivity contribution in [1.29, 1.82) is 0 Å². The smallest absolute Gasteiger partial charge is 0.159 e. The van der Waals surface area contributed by atoms with Gasteiger partial charge in [0, 0.05) is 5.56 Å². The van der Waals surface area contributed by atoms with Crippen LogP contribution in [0.4, 0.5) is 0 Å². The molecule has 13 heavy (non-hydrogen) atoms. The van der Waals surface area contributed by atoms with Crippen molar-refractivity contribution in [2.24, 2.45) is 0 Å². The fraction of sp³-hybridized carbons (Fsp3) is 0.250. The van der Waals surface area contributed by atoms with Crippen molar-refractivity contribution in [3.05, 3.63) is 48.0 Å². The molecule has 1 aromatic carbocycles. The minimum absolute atomic E-state index is 0.125. The molecule has 0 aliphatic heterocycles. The molecule has 0 saturated carbocycles. The zero-order valence-electron chi connectivity index (χ0n) is 8.50. The van der Waals surface area contributed by atoms with E-state index in [0.29, 0.717) is 0 Å². The predicted molar refractivity (Wildman–Crippen MR) is 57.1 cm³/mol. The predicted octanol–water partition coefficient (Wildman–Crippen LogP) is 3.39. The van der Waals surface area contributed by atoms with Crippen molar-refractivity contribution < 1.29 is 4.79 Å². The van der Waals surface area contributed by atoms with Crippen LogP contribution < -0.4 is 0 Å². The Hall–Kier alpha value is -1.37. The van der Waals surface area contributed by atoms with E-state index in [1.807, 2.05) is 38.1 Å². The molecule has 1 heteroatoms. The average Bonchev–Trinajstić information content (AvgIpc) is 2.06. The molecule has 0 fully saturated rings. The molecule has 0 N–H and O–H groups in total. The summed E-state index contributed by atoms with van der Waals surface area (Å²) in [6.07, 6.45) is 1.75. The van der Waals surface area contributed by atoms with Crippen molar-refractivity contribution in [2.75, 3.05) is 0 Å². The Labute approximate surface area is 80.1 Å².